The van der Waals surface area contributed by atoms with E-state index in [2.05, 4.69) is 79.3 Å². The third-order valence-corrected chi connectivity index (χ3v) is 11.1. The van der Waals surface area contributed by atoms with Gasteiger partial charge in [0.2, 0.25) is 0 Å². The van der Waals surface area contributed by atoms with Crippen molar-refractivity contribution in [3.8, 4) is 0 Å². The normalized spacial score (nSPS) is 28.6. The van der Waals surface area contributed by atoms with Crippen LogP contribution in [0.1, 0.15) is 81.1 Å². The lowest BCUT2D eigenvalue weighted by atomic mass is 9.68. The third kappa shape index (κ3) is 4.66. The second kappa shape index (κ2) is 9.64. The van der Waals surface area contributed by atoms with Crippen LogP contribution in [0, 0.1) is 0 Å². The molecule has 0 aromatic rings. The molecule has 232 valence electrons. The molecule has 4 rings (SSSR count). The number of carbonyl (C=O) groups excluding carboxylic acids is 4. The van der Waals surface area contributed by atoms with Crippen LogP contribution >= 0.6 is 0 Å². The number of likely N-dealkylation sites (N-methyl/N-ethyl adjacent to an activating group) is 2. The summed E-state index contributed by atoms with van der Waals surface area (Å²) < 4.78 is 5.83. The fourth-order valence-electron chi connectivity index (χ4n) is 8.38. The van der Waals surface area contributed by atoms with E-state index < -0.39 is 11.1 Å². The van der Waals surface area contributed by atoms with Gasteiger partial charge in [-0.1, -0.05) is 0 Å². The monoisotopic (exact) mass is 576 g/mol. The lowest BCUT2D eigenvalue weighted by molar-refractivity contribution is -0.144. The number of hydrogen-bond donors (Lipinski definition) is 0. The maximum absolute atomic E-state index is 13.8. The number of carbonyl (C=O) groups is 4. The molecule has 0 bridgehead atoms. The van der Waals surface area contributed by atoms with E-state index in [1.807, 2.05) is 0 Å². The van der Waals surface area contributed by atoms with E-state index in [1.165, 1.54) is 9.80 Å². The number of piperidine rings is 2. The summed E-state index contributed by atoms with van der Waals surface area (Å²) in [6.45, 7) is 17.4. The Kier molecular flexibility index (Phi) is 7.45. The van der Waals surface area contributed by atoms with Gasteiger partial charge in [0.25, 0.3) is 11.8 Å². The van der Waals surface area contributed by atoms with E-state index in [4.69, 9.17) is 4.74 Å². The number of hydrogen-bond acceptors (Lipinski definition) is 7. The zero-order valence-electron chi connectivity index (χ0n) is 27.4. The van der Waals surface area contributed by atoms with Gasteiger partial charge < -0.3 is 14.5 Å². The predicted molar refractivity (Wildman–Crippen MR) is 156 cm³/mol. The Morgan fingerprint density at radius 3 is 1.07 bits per heavy atom. The standard InChI is InChI=1S/C30H52N6O5/c1-25(2)17-29(18-26(3,4)33(25)11)21(37)35(23(39)31(29)9)13-15-41-16-14-36-22(38)30(32(10)24(36)40)19-27(5,6)34(12)28(7,8)20-30/h13-20H2,1-12H3. The molecule has 0 saturated carbocycles. The first kappa shape index (κ1) is 31.7. The third-order valence-electron chi connectivity index (χ3n) is 11.1. The van der Waals surface area contributed by atoms with E-state index in [0.29, 0.717) is 25.7 Å². The van der Waals surface area contributed by atoms with Gasteiger partial charge in [0.05, 0.1) is 26.3 Å². The molecule has 0 radical (unpaired) electrons. The molecule has 11 nitrogen and oxygen atoms in total. The van der Waals surface area contributed by atoms with Gasteiger partial charge in [0.15, 0.2) is 0 Å². The van der Waals surface area contributed by atoms with Crippen molar-refractivity contribution in [3.63, 3.8) is 0 Å². The van der Waals surface area contributed by atoms with Crippen LogP contribution in [0.25, 0.3) is 0 Å². The molecule has 4 heterocycles. The lowest BCUT2D eigenvalue weighted by Crippen LogP contribution is -2.68. The quantitative estimate of drug-likeness (QED) is 0.354. The molecule has 0 aromatic heterocycles. The van der Waals surface area contributed by atoms with E-state index >= 15 is 0 Å². The minimum atomic E-state index is -0.889. The van der Waals surface area contributed by atoms with Gasteiger partial charge in [-0.3, -0.25) is 29.2 Å². The van der Waals surface area contributed by atoms with Crippen molar-refractivity contribution in [1.29, 1.82) is 0 Å². The van der Waals surface area contributed by atoms with Crippen molar-refractivity contribution in [2.45, 2.75) is 114 Å². The summed E-state index contributed by atoms with van der Waals surface area (Å²) in [7, 11) is 7.59. The van der Waals surface area contributed by atoms with Crippen LogP contribution in [-0.2, 0) is 14.3 Å². The first-order valence-electron chi connectivity index (χ1n) is 14.8. The van der Waals surface area contributed by atoms with Crippen LogP contribution in [0.5, 0.6) is 0 Å². The smallest absolute Gasteiger partial charge is 0.327 e. The largest absolute Gasteiger partial charge is 0.378 e. The fourth-order valence-corrected chi connectivity index (χ4v) is 8.38. The summed E-state index contributed by atoms with van der Waals surface area (Å²) in [5.74, 6) is -0.354. The molecule has 0 aromatic carbocycles. The summed E-state index contributed by atoms with van der Waals surface area (Å²) in [4.78, 5) is 64.4. The van der Waals surface area contributed by atoms with Gasteiger partial charge in [-0.2, -0.15) is 0 Å². The first-order chi connectivity index (χ1) is 18.6. The maximum atomic E-state index is 13.8. The Morgan fingerprint density at radius 2 is 0.805 bits per heavy atom. The van der Waals surface area contributed by atoms with Gasteiger partial charge >= 0.3 is 12.1 Å². The highest BCUT2D eigenvalue weighted by molar-refractivity contribution is 6.08. The van der Waals surface area contributed by atoms with Gasteiger partial charge in [0, 0.05) is 36.3 Å². The molecule has 6 amide bonds. The highest BCUT2D eigenvalue weighted by Gasteiger charge is 2.64. The number of urea groups is 2. The van der Waals surface area contributed by atoms with Crippen LogP contribution in [0.2, 0.25) is 0 Å². The number of likely N-dealkylation sites (tertiary alicyclic amines) is 2. The average molecular weight is 577 g/mol. The lowest BCUT2D eigenvalue weighted by Gasteiger charge is -2.57. The van der Waals surface area contributed by atoms with Crippen molar-refractivity contribution in [1.82, 2.24) is 29.4 Å². The number of amides is 6. The molecule has 11 heteroatoms. The van der Waals surface area contributed by atoms with Gasteiger partial charge in [-0.05, 0) is 95.2 Å². The molecule has 4 fully saturated rings. The topological polar surface area (TPSA) is 97.0 Å². The van der Waals surface area contributed by atoms with Crippen molar-refractivity contribution >= 4 is 23.9 Å². The molecular weight excluding hydrogens is 524 g/mol. The van der Waals surface area contributed by atoms with Gasteiger partial charge in [0.1, 0.15) is 11.1 Å². The minimum Gasteiger partial charge on any atom is -0.378 e. The molecule has 0 atom stereocenters. The van der Waals surface area contributed by atoms with E-state index in [9.17, 15) is 19.2 Å². The van der Waals surface area contributed by atoms with E-state index in [-0.39, 0.29) is 72.3 Å². The number of nitrogens with zero attached hydrogens (tertiary/aromatic N) is 6. The van der Waals surface area contributed by atoms with Gasteiger partial charge in [-0.15, -0.1) is 0 Å². The minimum absolute atomic E-state index is 0.126. The zero-order chi connectivity index (χ0) is 31.1. The van der Waals surface area contributed by atoms with Crippen molar-refractivity contribution in [2.24, 2.45) is 0 Å². The van der Waals surface area contributed by atoms with Crippen LogP contribution in [0.3, 0.4) is 0 Å². The Bertz CT molecular complexity index is 1010. The number of ether oxygens (including phenoxy) is 1. The Hall–Kier alpha value is -2.24. The molecule has 0 N–H and O–H groups in total. The predicted octanol–water partition coefficient (Wildman–Crippen LogP) is 2.83. The SMILES string of the molecule is CN1C(C)(C)CC2(CC1(C)C)C(=O)N(CCOCCN1C(=O)N(C)C3(CC(C)(C)N(C)C(C)(C)C3)C1=O)C(=O)N2C. The highest BCUT2D eigenvalue weighted by atomic mass is 16.5. The molecule has 0 unspecified atom stereocenters. The van der Waals surface area contributed by atoms with Gasteiger partial charge in [-0.25, -0.2) is 9.59 Å². The second-order valence-corrected chi connectivity index (χ2v) is 15.3. The molecule has 41 heavy (non-hydrogen) atoms. The van der Waals surface area contributed by atoms with Crippen molar-refractivity contribution in [3.05, 3.63) is 0 Å². The summed E-state index contributed by atoms with van der Waals surface area (Å²) >= 11 is 0. The molecular formula is C30H52N6O5. The first-order valence-corrected chi connectivity index (χ1v) is 14.8. The molecule has 4 saturated heterocycles. The van der Waals surface area contributed by atoms with Crippen LogP contribution in [0.15, 0.2) is 0 Å². The zero-order valence-corrected chi connectivity index (χ0v) is 27.4. The Morgan fingerprint density at radius 1 is 0.537 bits per heavy atom. The second-order valence-electron chi connectivity index (χ2n) is 15.3. The van der Waals surface area contributed by atoms with Crippen LogP contribution in [-0.4, -0.2) is 141 Å². The molecule has 4 aliphatic heterocycles. The molecule has 2 spiro atoms. The van der Waals surface area contributed by atoms with Crippen LogP contribution in [0.4, 0.5) is 9.59 Å². The van der Waals surface area contributed by atoms with Crippen molar-refractivity contribution in [2.75, 3.05) is 54.5 Å². The Balaban J connectivity index is 1.37. The molecule has 4 aliphatic rings. The summed E-state index contributed by atoms with van der Waals surface area (Å²) in [6.07, 6.45) is 2.21. The number of imide groups is 2. The summed E-state index contributed by atoms with van der Waals surface area (Å²) in [5, 5.41) is 0. The summed E-state index contributed by atoms with van der Waals surface area (Å²) in [5.41, 5.74) is -2.85. The Labute approximate surface area is 246 Å². The maximum Gasteiger partial charge on any atom is 0.327 e. The average Bonchev–Trinajstić information content (AvgIpc) is 3.11. The van der Waals surface area contributed by atoms with E-state index in [1.54, 1.807) is 23.9 Å². The van der Waals surface area contributed by atoms with Crippen molar-refractivity contribution < 1.29 is 23.9 Å². The highest BCUT2D eigenvalue weighted by Crippen LogP contribution is 2.49. The molecule has 0 aliphatic carbocycles. The van der Waals surface area contributed by atoms with E-state index in [0.717, 1.165) is 0 Å². The fraction of sp³-hybridized carbons (Fsp3) is 0.867. The number of rotatable bonds is 6. The summed E-state index contributed by atoms with van der Waals surface area (Å²) in [6, 6.07) is -0.619. The van der Waals surface area contributed by atoms with Crippen LogP contribution < -0.4 is 0 Å².